The summed E-state index contributed by atoms with van der Waals surface area (Å²) < 4.78 is 10.7. The van der Waals surface area contributed by atoms with Gasteiger partial charge in [-0.25, -0.2) is 9.97 Å². The molecule has 1 fully saturated rings. The number of hydrogen-bond acceptors (Lipinski definition) is 5. The Hall–Kier alpha value is -3.41. The lowest BCUT2D eigenvalue weighted by Gasteiger charge is -2.32. The standard InChI is InChI=1S/C23H21N3O3/c27-23(18-6-7-20-21(14-18)29-15-28-20)26-12-9-16(10-13-26)19-8-11-24-22(25-19)17-4-2-1-3-5-17/h1-8,11,14,16H,9-10,12-13,15H2. The molecule has 0 aliphatic carbocycles. The molecule has 5 rings (SSSR count). The Kier molecular flexibility index (Phi) is 4.60. The summed E-state index contributed by atoms with van der Waals surface area (Å²) in [5.41, 5.74) is 2.71. The number of rotatable bonds is 3. The Morgan fingerprint density at radius 2 is 1.76 bits per heavy atom. The average molecular weight is 387 g/mol. The van der Waals surface area contributed by atoms with Gasteiger partial charge in [0.05, 0.1) is 0 Å². The highest BCUT2D eigenvalue weighted by atomic mass is 16.7. The van der Waals surface area contributed by atoms with Crippen LogP contribution in [0.3, 0.4) is 0 Å². The zero-order valence-electron chi connectivity index (χ0n) is 16.0. The molecule has 0 N–H and O–H groups in total. The molecule has 146 valence electrons. The molecular formula is C23H21N3O3. The van der Waals surface area contributed by atoms with E-state index in [1.807, 2.05) is 47.5 Å². The van der Waals surface area contributed by atoms with Crippen LogP contribution >= 0.6 is 0 Å². The maximum atomic E-state index is 12.9. The molecule has 1 amide bonds. The van der Waals surface area contributed by atoms with Crippen molar-refractivity contribution in [2.45, 2.75) is 18.8 Å². The van der Waals surface area contributed by atoms with Gasteiger partial charge in [-0.15, -0.1) is 0 Å². The Bertz CT molecular complexity index is 1030. The topological polar surface area (TPSA) is 64.6 Å². The van der Waals surface area contributed by atoms with Crippen molar-refractivity contribution in [3.63, 3.8) is 0 Å². The molecule has 1 aromatic heterocycles. The van der Waals surface area contributed by atoms with Crippen LogP contribution in [0.1, 0.15) is 34.8 Å². The highest BCUT2D eigenvalue weighted by Crippen LogP contribution is 2.34. The highest BCUT2D eigenvalue weighted by molar-refractivity contribution is 5.95. The second-order valence-corrected chi connectivity index (χ2v) is 7.31. The first-order valence-corrected chi connectivity index (χ1v) is 9.85. The van der Waals surface area contributed by atoms with E-state index in [0.717, 1.165) is 29.9 Å². The molecule has 0 bridgehead atoms. The number of benzene rings is 2. The number of nitrogens with zero attached hydrogens (tertiary/aromatic N) is 3. The summed E-state index contributed by atoms with van der Waals surface area (Å²) in [7, 11) is 0. The van der Waals surface area contributed by atoms with Crippen molar-refractivity contribution in [1.82, 2.24) is 14.9 Å². The van der Waals surface area contributed by atoms with Crippen molar-refractivity contribution in [2.24, 2.45) is 0 Å². The molecule has 1 saturated heterocycles. The van der Waals surface area contributed by atoms with Crippen molar-refractivity contribution in [2.75, 3.05) is 19.9 Å². The average Bonchev–Trinajstić information content (AvgIpc) is 3.27. The second kappa shape index (κ2) is 7.54. The van der Waals surface area contributed by atoms with Crippen molar-refractivity contribution < 1.29 is 14.3 Å². The Balaban J connectivity index is 1.27. The second-order valence-electron chi connectivity index (χ2n) is 7.31. The minimum atomic E-state index is 0.0365. The Labute approximate surface area is 169 Å². The minimum absolute atomic E-state index is 0.0365. The number of hydrogen-bond donors (Lipinski definition) is 0. The predicted molar refractivity (Wildman–Crippen MR) is 108 cm³/mol. The van der Waals surface area contributed by atoms with Crippen LogP contribution in [0.4, 0.5) is 0 Å². The largest absolute Gasteiger partial charge is 0.454 e. The first-order chi connectivity index (χ1) is 14.3. The molecule has 2 aromatic carbocycles. The number of carbonyl (C=O) groups excluding carboxylic acids is 1. The smallest absolute Gasteiger partial charge is 0.253 e. The van der Waals surface area contributed by atoms with Crippen molar-refractivity contribution in [3.05, 3.63) is 72.1 Å². The monoisotopic (exact) mass is 387 g/mol. The number of ether oxygens (including phenoxy) is 2. The molecular weight excluding hydrogens is 366 g/mol. The van der Waals surface area contributed by atoms with Gasteiger partial charge in [-0.2, -0.15) is 0 Å². The molecule has 2 aliphatic heterocycles. The van der Waals surface area contributed by atoms with Gasteiger partial charge in [0, 0.05) is 42.0 Å². The van der Waals surface area contributed by atoms with Gasteiger partial charge < -0.3 is 14.4 Å². The van der Waals surface area contributed by atoms with E-state index in [4.69, 9.17) is 14.5 Å². The van der Waals surface area contributed by atoms with E-state index in [0.29, 0.717) is 36.1 Å². The minimum Gasteiger partial charge on any atom is -0.454 e. The Morgan fingerprint density at radius 3 is 2.59 bits per heavy atom. The molecule has 0 radical (unpaired) electrons. The lowest BCUT2D eigenvalue weighted by molar-refractivity contribution is 0.0711. The molecule has 0 unspecified atom stereocenters. The zero-order chi connectivity index (χ0) is 19.6. The number of likely N-dealkylation sites (tertiary alicyclic amines) is 1. The molecule has 0 spiro atoms. The van der Waals surface area contributed by atoms with Gasteiger partial charge >= 0.3 is 0 Å². The molecule has 6 heteroatoms. The van der Waals surface area contributed by atoms with Crippen molar-refractivity contribution in [1.29, 1.82) is 0 Å². The number of carbonyl (C=O) groups is 1. The van der Waals surface area contributed by atoms with Crippen LogP contribution < -0.4 is 9.47 Å². The van der Waals surface area contributed by atoms with Crippen LogP contribution in [0, 0.1) is 0 Å². The molecule has 29 heavy (non-hydrogen) atoms. The quantitative estimate of drug-likeness (QED) is 0.682. The number of amides is 1. The van der Waals surface area contributed by atoms with E-state index in [2.05, 4.69) is 4.98 Å². The van der Waals surface area contributed by atoms with Gasteiger partial charge in [0.15, 0.2) is 17.3 Å². The fourth-order valence-electron chi connectivity index (χ4n) is 3.92. The lowest BCUT2D eigenvalue weighted by Crippen LogP contribution is -2.38. The summed E-state index contributed by atoms with van der Waals surface area (Å²) in [6.07, 6.45) is 3.61. The van der Waals surface area contributed by atoms with E-state index >= 15 is 0 Å². The predicted octanol–water partition coefficient (Wildman–Crippen LogP) is 3.89. The fourth-order valence-corrected chi connectivity index (χ4v) is 3.92. The maximum Gasteiger partial charge on any atom is 0.253 e. The summed E-state index contributed by atoms with van der Waals surface area (Å²) in [5, 5.41) is 0. The molecule has 0 saturated carbocycles. The van der Waals surface area contributed by atoms with E-state index in [-0.39, 0.29) is 12.7 Å². The van der Waals surface area contributed by atoms with Crippen molar-refractivity contribution >= 4 is 5.91 Å². The normalized spacial score (nSPS) is 16.1. The van der Waals surface area contributed by atoms with Gasteiger partial charge in [-0.3, -0.25) is 4.79 Å². The summed E-state index contributed by atoms with van der Waals surface area (Å²) in [4.78, 5) is 24.0. The van der Waals surface area contributed by atoms with Crippen LogP contribution in [0.2, 0.25) is 0 Å². The van der Waals surface area contributed by atoms with Gasteiger partial charge in [0.1, 0.15) is 0 Å². The van der Waals surface area contributed by atoms with Crippen LogP contribution in [0.15, 0.2) is 60.8 Å². The van der Waals surface area contributed by atoms with E-state index < -0.39 is 0 Å². The van der Waals surface area contributed by atoms with Crippen LogP contribution in [-0.2, 0) is 0 Å². The Morgan fingerprint density at radius 1 is 0.966 bits per heavy atom. The molecule has 0 atom stereocenters. The maximum absolute atomic E-state index is 12.9. The zero-order valence-corrected chi connectivity index (χ0v) is 16.0. The van der Waals surface area contributed by atoms with E-state index in [9.17, 15) is 4.79 Å². The van der Waals surface area contributed by atoms with Crippen molar-refractivity contribution in [3.8, 4) is 22.9 Å². The third-order valence-electron chi connectivity index (χ3n) is 5.53. The summed E-state index contributed by atoms with van der Waals surface area (Å²) in [5.74, 6) is 2.45. The number of aromatic nitrogens is 2. The highest BCUT2D eigenvalue weighted by Gasteiger charge is 2.26. The molecule has 3 aromatic rings. The lowest BCUT2D eigenvalue weighted by atomic mass is 9.93. The van der Waals surface area contributed by atoms with Gasteiger partial charge in [-0.05, 0) is 37.1 Å². The summed E-state index contributed by atoms with van der Waals surface area (Å²) >= 11 is 0. The third-order valence-corrected chi connectivity index (χ3v) is 5.53. The summed E-state index contributed by atoms with van der Waals surface area (Å²) in [6.45, 7) is 1.63. The van der Waals surface area contributed by atoms with Gasteiger partial charge in [-0.1, -0.05) is 30.3 Å². The number of piperidine rings is 1. The van der Waals surface area contributed by atoms with Crippen LogP contribution in [-0.4, -0.2) is 40.7 Å². The van der Waals surface area contributed by atoms with Crippen LogP contribution in [0.25, 0.3) is 11.4 Å². The third kappa shape index (κ3) is 3.53. The SMILES string of the molecule is O=C(c1ccc2c(c1)OCO2)N1CCC(c2ccnc(-c3ccccc3)n2)CC1. The fraction of sp³-hybridized carbons (Fsp3) is 0.261. The van der Waals surface area contributed by atoms with E-state index in [1.165, 1.54) is 0 Å². The van der Waals surface area contributed by atoms with Gasteiger partial charge in [0.2, 0.25) is 6.79 Å². The molecule has 3 heterocycles. The molecule has 2 aliphatic rings. The first-order valence-electron chi connectivity index (χ1n) is 9.85. The number of fused-ring (bicyclic) bond motifs is 1. The van der Waals surface area contributed by atoms with Gasteiger partial charge in [0.25, 0.3) is 5.91 Å². The van der Waals surface area contributed by atoms with E-state index in [1.54, 1.807) is 18.2 Å². The summed E-state index contributed by atoms with van der Waals surface area (Å²) in [6, 6.07) is 17.4. The van der Waals surface area contributed by atoms with Crippen LogP contribution in [0.5, 0.6) is 11.5 Å². The molecule has 6 nitrogen and oxygen atoms in total. The first kappa shape index (κ1) is 17.7.